The van der Waals surface area contributed by atoms with Gasteiger partial charge in [0.25, 0.3) is 5.91 Å². The monoisotopic (exact) mass is 581 g/mol. The second-order valence-corrected chi connectivity index (χ2v) is 11.3. The van der Waals surface area contributed by atoms with Gasteiger partial charge in [0, 0.05) is 22.2 Å². The Balaban J connectivity index is 1.49. The number of nitrogens with one attached hydrogen (secondary N) is 1. The van der Waals surface area contributed by atoms with E-state index in [0.717, 1.165) is 9.87 Å². The molecule has 0 aliphatic carbocycles. The maximum Gasteiger partial charge on any atom is 0.255 e. The van der Waals surface area contributed by atoms with Crippen molar-refractivity contribution in [1.82, 2.24) is 9.73 Å². The van der Waals surface area contributed by atoms with Crippen LogP contribution in [0.15, 0.2) is 107 Å². The van der Waals surface area contributed by atoms with Crippen LogP contribution in [0.1, 0.15) is 16.7 Å². The van der Waals surface area contributed by atoms with Crippen molar-refractivity contribution in [3.05, 3.63) is 124 Å². The lowest BCUT2D eigenvalue weighted by atomic mass is 10.2. The van der Waals surface area contributed by atoms with Crippen LogP contribution in [0.4, 0.5) is 0 Å². The standard InChI is InChI=1S/C29H25Cl2N3O4S/c1-21-13-15-25(16-14-21)39(36,37)34(19-26-27(30)11-6-12-28(26)31)20-29(35)33-32-18-22-7-5-10-24(17-22)38-23-8-3-2-4-9-23/h2-18H,19-20H2,1H3,(H,33,35)/b32-18-. The molecule has 0 saturated carbocycles. The van der Waals surface area contributed by atoms with E-state index in [2.05, 4.69) is 10.5 Å². The quantitative estimate of drug-likeness (QED) is 0.172. The van der Waals surface area contributed by atoms with Crippen molar-refractivity contribution in [1.29, 1.82) is 0 Å². The first-order valence-corrected chi connectivity index (χ1v) is 14.1. The summed E-state index contributed by atoms with van der Waals surface area (Å²) >= 11 is 12.6. The molecule has 0 unspecified atom stereocenters. The Bertz CT molecular complexity index is 1560. The Labute approximate surface area is 237 Å². The predicted molar refractivity (Wildman–Crippen MR) is 154 cm³/mol. The Hall–Kier alpha value is -3.69. The second kappa shape index (κ2) is 12.9. The number of ether oxygens (including phenoxy) is 1. The Morgan fingerprint density at radius 1 is 0.897 bits per heavy atom. The fraction of sp³-hybridized carbons (Fsp3) is 0.103. The van der Waals surface area contributed by atoms with Crippen LogP contribution in [-0.2, 0) is 21.4 Å². The highest BCUT2D eigenvalue weighted by molar-refractivity contribution is 7.89. The molecular formula is C29H25Cl2N3O4S. The molecule has 4 rings (SSSR count). The molecule has 1 amide bonds. The van der Waals surface area contributed by atoms with Gasteiger partial charge in [-0.15, -0.1) is 0 Å². The number of aryl methyl sites for hydroxylation is 1. The fourth-order valence-electron chi connectivity index (χ4n) is 3.60. The smallest absolute Gasteiger partial charge is 0.255 e. The van der Waals surface area contributed by atoms with Gasteiger partial charge < -0.3 is 4.74 Å². The van der Waals surface area contributed by atoms with Gasteiger partial charge in [-0.3, -0.25) is 4.79 Å². The summed E-state index contributed by atoms with van der Waals surface area (Å²) in [6, 6.07) is 27.7. The molecule has 39 heavy (non-hydrogen) atoms. The van der Waals surface area contributed by atoms with E-state index in [9.17, 15) is 13.2 Å². The Kier molecular flexibility index (Phi) is 9.37. The van der Waals surface area contributed by atoms with E-state index in [1.807, 2.05) is 37.3 Å². The number of hydrogen-bond acceptors (Lipinski definition) is 5. The third-order valence-corrected chi connectivity index (χ3v) is 8.13. The molecule has 10 heteroatoms. The number of hydrazone groups is 1. The molecule has 4 aromatic carbocycles. The van der Waals surface area contributed by atoms with Gasteiger partial charge in [0.1, 0.15) is 11.5 Å². The lowest BCUT2D eigenvalue weighted by molar-refractivity contribution is -0.121. The molecule has 0 aliphatic rings. The number of carbonyl (C=O) groups is 1. The molecule has 4 aromatic rings. The highest BCUT2D eigenvalue weighted by Gasteiger charge is 2.28. The number of sulfonamides is 1. The first-order valence-electron chi connectivity index (χ1n) is 11.9. The second-order valence-electron chi connectivity index (χ2n) is 8.57. The van der Waals surface area contributed by atoms with Crippen LogP contribution in [0.5, 0.6) is 11.5 Å². The van der Waals surface area contributed by atoms with Crippen LogP contribution in [0.3, 0.4) is 0 Å². The molecular weight excluding hydrogens is 557 g/mol. The maximum absolute atomic E-state index is 13.5. The molecule has 0 saturated heterocycles. The Morgan fingerprint density at radius 3 is 2.23 bits per heavy atom. The molecule has 0 atom stereocenters. The van der Waals surface area contributed by atoms with Crippen molar-refractivity contribution in [3.63, 3.8) is 0 Å². The predicted octanol–water partition coefficient (Wildman–Crippen LogP) is 6.44. The van der Waals surface area contributed by atoms with Crippen molar-refractivity contribution in [2.24, 2.45) is 5.10 Å². The molecule has 0 aromatic heterocycles. The zero-order valence-corrected chi connectivity index (χ0v) is 23.2. The largest absolute Gasteiger partial charge is 0.457 e. The summed E-state index contributed by atoms with van der Waals surface area (Å²) in [6.45, 7) is 1.14. The third kappa shape index (κ3) is 7.68. The molecule has 7 nitrogen and oxygen atoms in total. The number of para-hydroxylation sites is 1. The molecule has 0 fully saturated rings. The minimum Gasteiger partial charge on any atom is -0.457 e. The molecule has 0 bridgehead atoms. The highest BCUT2D eigenvalue weighted by Crippen LogP contribution is 2.28. The van der Waals surface area contributed by atoms with Crippen LogP contribution in [-0.4, -0.2) is 31.4 Å². The van der Waals surface area contributed by atoms with E-state index in [0.29, 0.717) is 32.7 Å². The summed E-state index contributed by atoms with van der Waals surface area (Å²) in [5.41, 5.74) is 4.37. The van der Waals surface area contributed by atoms with E-state index in [4.69, 9.17) is 27.9 Å². The minimum absolute atomic E-state index is 0.0443. The summed E-state index contributed by atoms with van der Waals surface area (Å²) in [7, 11) is -4.07. The van der Waals surface area contributed by atoms with Crippen LogP contribution >= 0.6 is 23.2 Å². The van der Waals surface area contributed by atoms with Crippen molar-refractivity contribution in [2.75, 3.05) is 6.54 Å². The van der Waals surface area contributed by atoms with Crippen LogP contribution in [0.2, 0.25) is 10.0 Å². The molecule has 0 spiro atoms. The van der Waals surface area contributed by atoms with E-state index in [1.54, 1.807) is 54.6 Å². The van der Waals surface area contributed by atoms with E-state index in [-0.39, 0.29) is 11.4 Å². The minimum atomic E-state index is -4.07. The van der Waals surface area contributed by atoms with Crippen LogP contribution in [0, 0.1) is 6.92 Å². The van der Waals surface area contributed by atoms with Gasteiger partial charge in [-0.2, -0.15) is 9.41 Å². The van der Waals surface area contributed by atoms with Gasteiger partial charge in [-0.25, -0.2) is 13.8 Å². The van der Waals surface area contributed by atoms with Gasteiger partial charge in [-0.1, -0.05) is 77.3 Å². The topological polar surface area (TPSA) is 88.1 Å². The molecule has 0 radical (unpaired) electrons. The number of hydrogen-bond donors (Lipinski definition) is 1. The number of halogens is 2. The summed E-state index contributed by atoms with van der Waals surface area (Å²) in [5, 5.41) is 4.59. The van der Waals surface area contributed by atoms with Gasteiger partial charge in [0.15, 0.2) is 0 Å². The first kappa shape index (κ1) is 28.3. The fourth-order valence-corrected chi connectivity index (χ4v) is 5.48. The lowest BCUT2D eigenvalue weighted by Gasteiger charge is -2.22. The summed E-state index contributed by atoms with van der Waals surface area (Å²) < 4.78 is 33.8. The number of carbonyl (C=O) groups excluding carboxylic acids is 1. The zero-order valence-electron chi connectivity index (χ0n) is 20.9. The number of nitrogens with zero attached hydrogens (tertiary/aromatic N) is 2. The molecule has 1 N–H and O–H groups in total. The van der Waals surface area contributed by atoms with E-state index in [1.165, 1.54) is 18.3 Å². The summed E-state index contributed by atoms with van der Waals surface area (Å²) in [4.78, 5) is 12.9. The van der Waals surface area contributed by atoms with Crippen molar-refractivity contribution in [2.45, 2.75) is 18.4 Å². The van der Waals surface area contributed by atoms with Gasteiger partial charge in [0.05, 0.1) is 17.7 Å². The third-order valence-electron chi connectivity index (χ3n) is 5.61. The van der Waals surface area contributed by atoms with Gasteiger partial charge in [-0.05, 0) is 61.0 Å². The van der Waals surface area contributed by atoms with Crippen molar-refractivity contribution in [3.8, 4) is 11.5 Å². The number of benzene rings is 4. The SMILES string of the molecule is Cc1ccc(S(=O)(=O)N(CC(=O)N/N=C\c2cccc(Oc3ccccc3)c2)Cc2c(Cl)cccc2Cl)cc1. The average molecular weight is 583 g/mol. The highest BCUT2D eigenvalue weighted by atomic mass is 35.5. The van der Waals surface area contributed by atoms with E-state index >= 15 is 0 Å². The Morgan fingerprint density at radius 2 is 1.54 bits per heavy atom. The average Bonchev–Trinajstić information content (AvgIpc) is 2.91. The summed E-state index contributed by atoms with van der Waals surface area (Å²) in [5.74, 6) is 0.652. The zero-order chi connectivity index (χ0) is 27.8. The maximum atomic E-state index is 13.5. The van der Waals surface area contributed by atoms with Crippen molar-refractivity contribution >= 4 is 45.3 Å². The molecule has 200 valence electrons. The van der Waals surface area contributed by atoms with Crippen LogP contribution in [0.25, 0.3) is 0 Å². The molecule has 0 aliphatic heterocycles. The first-order chi connectivity index (χ1) is 18.7. The lowest BCUT2D eigenvalue weighted by Crippen LogP contribution is -2.39. The number of rotatable bonds is 10. The summed E-state index contributed by atoms with van der Waals surface area (Å²) in [6.07, 6.45) is 1.44. The van der Waals surface area contributed by atoms with Crippen LogP contribution < -0.4 is 10.2 Å². The van der Waals surface area contributed by atoms with Crippen molar-refractivity contribution < 1.29 is 17.9 Å². The molecule has 0 heterocycles. The normalized spacial score (nSPS) is 11.6. The number of amides is 1. The van der Waals surface area contributed by atoms with E-state index < -0.39 is 22.5 Å². The van der Waals surface area contributed by atoms with Gasteiger partial charge in [0.2, 0.25) is 10.0 Å². The van der Waals surface area contributed by atoms with Gasteiger partial charge >= 0.3 is 0 Å².